The van der Waals surface area contributed by atoms with Crippen molar-refractivity contribution < 1.29 is 9.90 Å². The molecule has 1 aliphatic carbocycles. The van der Waals surface area contributed by atoms with Gasteiger partial charge in [0.05, 0.1) is 6.04 Å². The minimum Gasteiger partial charge on any atom is -0.396 e. The number of rotatable bonds is 7. The number of benzene rings is 2. The quantitative estimate of drug-likeness (QED) is 0.732. The second kappa shape index (κ2) is 8.22. The molecule has 0 radical (unpaired) electrons. The van der Waals surface area contributed by atoms with Crippen LogP contribution < -0.4 is 5.32 Å². The number of nitrogens with one attached hydrogen (secondary N) is 1. The van der Waals surface area contributed by atoms with Gasteiger partial charge in [-0.1, -0.05) is 53.5 Å². The number of hydrogen-bond acceptors (Lipinski definition) is 2. The summed E-state index contributed by atoms with van der Waals surface area (Å²) in [5.74, 6) is 0.174. The molecular weight excluding hydrogens is 357 g/mol. The highest BCUT2D eigenvalue weighted by Gasteiger charge is 2.44. The van der Waals surface area contributed by atoms with Crippen LogP contribution in [-0.4, -0.2) is 17.6 Å². The van der Waals surface area contributed by atoms with E-state index in [-0.39, 0.29) is 30.4 Å². The van der Waals surface area contributed by atoms with E-state index in [0.29, 0.717) is 22.9 Å². The first kappa shape index (κ1) is 18.2. The molecule has 3 atom stereocenters. The van der Waals surface area contributed by atoms with Crippen molar-refractivity contribution in [2.75, 3.05) is 6.61 Å². The Bertz CT molecular complexity index is 715. The van der Waals surface area contributed by atoms with E-state index in [9.17, 15) is 4.79 Å². The van der Waals surface area contributed by atoms with E-state index in [1.165, 1.54) is 0 Å². The first-order valence-electron chi connectivity index (χ1n) is 8.50. The maximum absolute atomic E-state index is 12.7. The molecular formula is C20H21Cl2NO2. The monoisotopic (exact) mass is 377 g/mol. The van der Waals surface area contributed by atoms with Gasteiger partial charge < -0.3 is 10.4 Å². The van der Waals surface area contributed by atoms with Crippen molar-refractivity contribution in [3.8, 4) is 0 Å². The first-order valence-corrected chi connectivity index (χ1v) is 9.26. The van der Waals surface area contributed by atoms with Crippen molar-refractivity contribution in [3.63, 3.8) is 0 Å². The fourth-order valence-corrected chi connectivity index (χ4v) is 3.77. The molecule has 1 fully saturated rings. The third kappa shape index (κ3) is 4.75. The molecule has 0 unspecified atom stereocenters. The summed E-state index contributed by atoms with van der Waals surface area (Å²) in [4.78, 5) is 12.7. The third-order valence-corrected chi connectivity index (χ3v) is 5.05. The van der Waals surface area contributed by atoms with Gasteiger partial charge in [0.15, 0.2) is 0 Å². The summed E-state index contributed by atoms with van der Waals surface area (Å²) in [6, 6.07) is 15.3. The highest BCUT2D eigenvalue weighted by atomic mass is 35.5. The normalized spacial score (nSPS) is 20.1. The van der Waals surface area contributed by atoms with Gasteiger partial charge in [-0.2, -0.15) is 0 Å². The molecule has 0 saturated heterocycles. The van der Waals surface area contributed by atoms with Crippen molar-refractivity contribution in [2.45, 2.75) is 31.2 Å². The van der Waals surface area contributed by atoms with E-state index in [0.717, 1.165) is 17.5 Å². The number of aliphatic hydroxyl groups is 1. The van der Waals surface area contributed by atoms with Crippen LogP contribution in [-0.2, 0) is 4.79 Å². The van der Waals surface area contributed by atoms with E-state index >= 15 is 0 Å². The molecule has 0 spiro atoms. The molecule has 1 saturated carbocycles. The predicted molar refractivity (Wildman–Crippen MR) is 101 cm³/mol. The highest BCUT2D eigenvalue weighted by molar-refractivity contribution is 6.34. The van der Waals surface area contributed by atoms with Crippen LogP contribution in [0.15, 0.2) is 48.5 Å². The lowest BCUT2D eigenvalue weighted by molar-refractivity contribution is -0.123. The van der Waals surface area contributed by atoms with E-state index in [4.69, 9.17) is 28.3 Å². The van der Waals surface area contributed by atoms with E-state index in [2.05, 4.69) is 5.32 Å². The Balaban J connectivity index is 1.66. The minimum atomic E-state index is -0.0787. The molecule has 1 amide bonds. The Labute approximate surface area is 158 Å². The van der Waals surface area contributed by atoms with Crippen LogP contribution in [0, 0.1) is 5.92 Å². The minimum absolute atomic E-state index is 0.0464. The molecule has 5 heteroatoms. The lowest BCUT2D eigenvalue weighted by Gasteiger charge is -2.19. The molecule has 0 bridgehead atoms. The van der Waals surface area contributed by atoms with Crippen LogP contribution in [0.4, 0.5) is 0 Å². The molecule has 2 N–H and O–H groups in total. The molecule has 0 aliphatic heterocycles. The van der Waals surface area contributed by atoms with Crippen LogP contribution in [0.2, 0.25) is 10.0 Å². The van der Waals surface area contributed by atoms with E-state index in [1.807, 2.05) is 42.5 Å². The van der Waals surface area contributed by atoms with Crippen molar-refractivity contribution >= 4 is 29.1 Å². The van der Waals surface area contributed by atoms with Crippen molar-refractivity contribution in [1.82, 2.24) is 5.32 Å². The smallest absolute Gasteiger partial charge is 0.224 e. The van der Waals surface area contributed by atoms with Crippen LogP contribution in [0.3, 0.4) is 0 Å². The topological polar surface area (TPSA) is 49.3 Å². The molecule has 25 heavy (non-hydrogen) atoms. The summed E-state index contributed by atoms with van der Waals surface area (Å²) in [6.07, 6.45) is 2.18. The fourth-order valence-electron chi connectivity index (χ4n) is 3.22. The molecule has 2 aromatic carbocycles. The van der Waals surface area contributed by atoms with Crippen molar-refractivity contribution in [3.05, 3.63) is 69.7 Å². The van der Waals surface area contributed by atoms with Crippen LogP contribution in [0.5, 0.6) is 0 Å². The summed E-state index contributed by atoms with van der Waals surface area (Å²) in [6.45, 7) is 0.117. The summed E-state index contributed by atoms with van der Waals surface area (Å²) in [5.41, 5.74) is 2.08. The summed E-state index contributed by atoms with van der Waals surface area (Å²) in [7, 11) is 0. The van der Waals surface area contributed by atoms with Crippen LogP contribution >= 0.6 is 23.2 Å². The highest BCUT2D eigenvalue weighted by Crippen LogP contribution is 2.48. The zero-order valence-electron chi connectivity index (χ0n) is 13.8. The summed E-state index contributed by atoms with van der Waals surface area (Å²) < 4.78 is 0. The predicted octanol–water partition coefficient (Wildman–Crippen LogP) is 4.73. The van der Waals surface area contributed by atoms with Crippen LogP contribution in [0.25, 0.3) is 0 Å². The number of aliphatic hydroxyl groups excluding tert-OH is 1. The van der Waals surface area contributed by atoms with Gasteiger partial charge in [-0.15, -0.1) is 0 Å². The standard InChI is InChI=1S/C20H21Cl2NO2/c21-15-9-14(10-16(22)11-15)17-12-18(17)20(25)23-19(7-4-8-24)13-5-2-1-3-6-13/h1-3,5-6,9-11,17-19,24H,4,7-8,12H2,(H,23,25)/t17-,18-,19-/m1/s1. The average Bonchev–Trinajstić information content (AvgIpc) is 3.39. The van der Waals surface area contributed by atoms with Gasteiger partial charge in [0.25, 0.3) is 0 Å². The molecule has 0 aromatic heterocycles. The third-order valence-electron chi connectivity index (χ3n) is 4.61. The van der Waals surface area contributed by atoms with Crippen molar-refractivity contribution in [1.29, 1.82) is 0 Å². The van der Waals surface area contributed by atoms with Gasteiger partial charge >= 0.3 is 0 Å². The Morgan fingerprint density at radius 1 is 1.16 bits per heavy atom. The van der Waals surface area contributed by atoms with E-state index in [1.54, 1.807) is 6.07 Å². The maximum atomic E-state index is 12.7. The number of halogens is 2. The molecule has 3 rings (SSSR count). The number of hydrogen-bond donors (Lipinski definition) is 2. The van der Waals surface area contributed by atoms with Gasteiger partial charge in [-0.05, 0) is 54.5 Å². The molecule has 132 valence electrons. The van der Waals surface area contributed by atoms with Gasteiger partial charge in [0.1, 0.15) is 0 Å². The van der Waals surface area contributed by atoms with Gasteiger partial charge in [-0.25, -0.2) is 0 Å². The molecule has 0 heterocycles. The number of carbonyl (C=O) groups excluding carboxylic acids is 1. The van der Waals surface area contributed by atoms with Crippen LogP contribution in [0.1, 0.15) is 42.3 Å². The molecule has 1 aliphatic rings. The largest absolute Gasteiger partial charge is 0.396 e. The van der Waals surface area contributed by atoms with Gasteiger partial charge in [0.2, 0.25) is 5.91 Å². The second-order valence-corrected chi connectivity index (χ2v) is 7.36. The fraction of sp³-hybridized carbons (Fsp3) is 0.350. The first-order chi connectivity index (χ1) is 12.1. The Hall–Kier alpha value is -1.55. The van der Waals surface area contributed by atoms with Gasteiger partial charge in [0, 0.05) is 22.6 Å². The number of amides is 1. The SMILES string of the molecule is O=C(N[C@H](CCCO)c1ccccc1)[C@@H]1C[C@@H]1c1cc(Cl)cc(Cl)c1. The lowest BCUT2D eigenvalue weighted by Crippen LogP contribution is -2.30. The van der Waals surface area contributed by atoms with Gasteiger partial charge in [-0.3, -0.25) is 4.79 Å². The van der Waals surface area contributed by atoms with Crippen molar-refractivity contribution in [2.24, 2.45) is 5.92 Å². The molecule has 2 aromatic rings. The summed E-state index contributed by atoms with van der Waals surface area (Å²) in [5, 5.41) is 13.5. The molecule has 3 nitrogen and oxygen atoms in total. The average molecular weight is 378 g/mol. The Morgan fingerprint density at radius 2 is 1.84 bits per heavy atom. The Kier molecular flexibility index (Phi) is 6.00. The van der Waals surface area contributed by atoms with E-state index < -0.39 is 0 Å². The summed E-state index contributed by atoms with van der Waals surface area (Å²) >= 11 is 12.1. The lowest BCUT2D eigenvalue weighted by atomic mass is 10.0. The zero-order valence-corrected chi connectivity index (χ0v) is 15.3. The second-order valence-electron chi connectivity index (χ2n) is 6.49. The Morgan fingerprint density at radius 3 is 2.48 bits per heavy atom. The maximum Gasteiger partial charge on any atom is 0.224 e. The number of carbonyl (C=O) groups is 1. The zero-order chi connectivity index (χ0) is 17.8.